The van der Waals surface area contributed by atoms with Crippen molar-refractivity contribution in [2.24, 2.45) is 0 Å². The number of nitrogen functional groups attached to an aromatic ring is 1. The average Bonchev–Trinajstić information content (AvgIpc) is 2.38. The highest BCUT2D eigenvalue weighted by Crippen LogP contribution is 2.18. The SMILES string of the molecule is CCOc1nc(N)nc(N(CCO)C(CC)CC)n1. The number of nitrogens with two attached hydrogens (primary N) is 1. The van der Waals surface area contributed by atoms with Crippen LogP contribution in [0.2, 0.25) is 0 Å². The highest BCUT2D eigenvalue weighted by molar-refractivity contribution is 5.37. The zero-order chi connectivity index (χ0) is 14.3. The van der Waals surface area contributed by atoms with Crippen molar-refractivity contribution in [3.8, 4) is 6.01 Å². The minimum atomic E-state index is 0.0338. The van der Waals surface area contributed by atoms with Crippen molar-refractivity contribution in [1.29, 1.82) is 0 Å². The third kappa shape index (κ3) is 4.20. The average molecular weight is 269 g/mol. The third-order valence-corrected chi connectivity index (χ3v) is 2.87. The Bertz CT molecular complexity index is 384. The van der Waals surface area contributed by atoms with Crippen molar-refractivity contribution in [3.05, 3.63) is 0 Å². The predicted octanol–water partition coefficient (Wildman–Crippen LogP) is 0.840. The van der Waals surface area contributed by atoms with E-state index in [9.17, 15) is 5.11 Å². The molecule has 0 aliphatic rings. The largest absolute Gasteiger partial charge is 0.464 e. The van der Waals surface area contributed by atoms with Crippen LogP contribution in [0, 0.1) is 0 Å². The van der Waals surface area contributed by atoms with Gasteiger partial charge in [0.2, 0.25) is 11.9 Å². The summed E-state index contributed by atoms with van der Waals surface area (Å²) in [6.45, 7) is 6.99. The summed E-state index contributed by atoms with van der Waals surface area (Å²) in [5.41, 5.74) is 5.68. The minimum Gasteiger partial charge on any atom is -0.464 e. The smallest absolute Gasteiger partial charge is 0.323 e. The van der Waals surface area contributed by atoms with Crippen LogP contribution in [-0.4, -0.2) is 45.9 Å². The Kier molecular flexibility index (Phi) is 6.27. The molecule has 0 radical (unpaired) electrons. The first kappa shape index (κ1) is 15.4. The van der Waals surface area contributed by atoms with Crippen LogP contribution in [-0.2, 0) is 0 Å². The molecule has 108 valence electrons. The van der Waals surface area contributed by atoms with Gasteiger partial charge in [0, 0.05) is 12.6 Å². The molecule has 0 aromatic carbocycles. The number of rotatable bonds is 8. The Morgan fingerprint density at radius 2 is 1.89 bits per heavy atom. The summed E-state index contributed by atoms with van der Waals surface area (Å²) in [5, 5.41) is 9.20. The summed E-state index contributed by atoms with van der Waals surface area (Å²) in [6, 6.07) is 0.474. The van der Waals surface area contributed by atoms with Crippen molar-refractivity contribution in [2.45, 2.75) is 39.7 Å². The molecule has 0 bridgehead atoms. The lowest BCUT2D eigenvalue weighted by molar-refractivity contribution is 0.292. The van der Waals surface area contributed by atoms with Gasteiger partial charge in [-0.25, -0.2) is 0 Å². The van der Waals surface area contributed by atoms with E-state index in [1.165, 1.54) is 0 Å². The summed E-state index contributed by atoms with van der Waals surface area (Å²) in [7, 11) is 0. The first-order chi connectivity index (χ1) is 9.15. The normalized spacial score (nSPS) is 10.8. The summed E-state index contributed by atoms with van der Waals surface area (Å²) < 4.78 is 5.27. The Morgan fingerprint density at radius 1 is 1.21 bits per heavy atom. The lowest BCUT2D eigenvalue weighted by Crippen LogP contribution is -2.38. The molecule has 0 fully saturated rings. The number of nitrogens with zero attached hydrogens (tertiary/aromatic N) is 4. The van der Waals surface area contributed by atoms with Gasteiger partial charge in [-0.3, -0.25) is 0 Å². The molecule has 1 aromatic rings. The van der Waals surface area contributed by atoms with Gasteiger partial charge in [0.25, 0.3) is 0 Å². The topological polar surface area (TPSA) is 97.4 Å². The van der Waals surface area contributed by atoms with Gasteiger partial charge in [0.15, 0.2) is 0 Å². The van der Waals surface area contributed by atoms with Gasteiger partial charge in [0.05, 0.1) is 13.2 Å². The fourth-order valence-electron chi connectivity index (χ4n) is 1.97. The lowest BCUT2D eigenvalue weighted by atomic mass is 10.1. The number of aliphatic hydroxyl groups excluding tert-OH is 1. The second-order valence-corrected chi connectivity index (χ2v) is 4.10. The van der Waals surface area contributed by atoms with E-state index in [2.05, 4.69) is 28.8 Å². The van der Waals surface area contributed by atoms with Crippen LogP contribution in [0.15, 0.2) is 0 Å². The lowest BCUT2D eigenvalue weighted by Gasteiger charge is -2.29. The molecule has 0 unspecified atom stereocenters. The molecule has 0 atom stereocenters. The fourth-order valence-corrected chi connectivity index (χ4v) is 1.97. The van der Waals surface area contributed by atoms with Crippen LogP contribution in [0.3, 0.4) is 0 Å². The van der Waals surface area contributed by atoms with Crippen LogP contribution < -0.4 is 15.4 Å². The maximum Gasteiger partial charge on any atom is 0.323 e. The monoisotopic (exact) mass is 269 g/mol. The van der Waals surface area contributed by atoms with Crippen LogP contribution >= 0.6 is 0 Å². The Hall–Kier alpha value is -1.63. The number of hydrogen-bond acceptors (Lipinski definition) is 7. The number of ether oxygens (including phenoxy) is 1. The van der Waals surface area contributed by atoms with E-state index in [4.69, 9.17) is 10.5 Å². The van der Waals surface area contributed by atoms with E-state index >= 15 is 0 Å². The number of aliphatic hydroxyl groups is 1. The second kappa shape index (κ2) is 7.73. The van der Waals surface area contributed by atoms with E-state index < -0.39 is 0 Å². The molecule has 1 rings (SSSR count). The maximum absolute atomic E-state index is 9.20. The first-order valence-corrected chi connectivity index (χ1v) is 6.68. The van der Waals surface area contributed by atoms with Crippen molar-refractivity contribution in [1.82, 2.24) is 15.0 Å². The van der Waals surface area contributed by atoms with Gasteiger partial charge in [-0.1, -0.05) is 13.8 Å². The number of hydrogen-bond donors (Lipinski definition) is 2. The molecule has 0 aliphatic heterocycles. The molecule has 0 spiro atoms. The van der Waals surface area contributed by atoms with Gasteiger partial charge in [-0.05, 0) is 19.8 Å². The summed E-state index contributed by atoms with van der Waals surface area (Å²) >= 11 is 0. The standard InChI is InChI=1S/C12H23N5O2/c1-4-9(5-2)17(7-8-18)11-14-10(13)15-12(16-11)19-6-3/h9,18H,4-8H2,1-3H3,(H2,13,14,15,16). The van der Waals surface area contributed by atoms with E-state index in [1.54, 1.807) is 0 Å². The minimum absolute atomic E-state index is 0.0338. The van der Waals surface area contributed by atoms with Gasteiger partial charge in [0.1, 0.15) is 0 Å². The van der Waals surface area contributed by atoms with E-state index in [1.807, 2.05) is 11.8 Å². The van der Waals surface area contributed by atoms with Crippen LogP contribution in [0.1, 0.15) is 33.6 Å². The highest BCUT2D eigenvalue weighted by atomic mass is 16.5. The third-order valence-electron chi connectivity index (χ3n) is 2.87. The quantitative estimate of drug-likeness (QED) is 0.721. The van der Waals surface area contributed by atoms with Gasteiger partial charge >= 0.3 is 6.01 Å². The Balaban J connectivity index is 3.06. The van der Waals surface area contributed by atoms with E-state index in [0.29, 0.717) is 19.1 Å². The molecule has 7 heteroatoms. The molecule has 0 amide bonds. The van der Waals surface area contributed by atoms with Crippen molar-refractivity contribution < 1.29 is 9.84 Å². The molecule has 7 nitrogen and oxygen atoms in total. The predicted molar refractivity (Wildman–Crippen MR) is 74.2 cm³/mol. The summed E-state index contributed by atoms with van der Waals surface area (Å²) in [4.78, 5) is 14.3. The maximum atomic E-state index is 9.20. The Labute approximate surface area is 113 Å². The van der Waals surface area contributed by atoms with Crippen molar-refractivity contribution in [2.75, 3.05) is 30.4 Å². The van der Waals surface area contributed by atoms with Crippen LogP contribution in [0.5, 0.6) is 6.01 Å². The van der Waals surface area contributed by atoms with Gasteiger partial charge in [-0.2, -0.15) is 15.0 Å². The Morgan fingerprint density at radius 3 is 2.42 bits per heavy atom. The summed E-state index contributed by atoms with van der Waals surface area (Å²) in [5.74, 6) is 0.584. The van der Waals surface area contributed by atoms with Gasteiger partial charge in [-0.15, -0.1) is 0 Å². The molecule has 0 saturated heterocycles. The van der Waals surface area contributed by atoms with Crippen LogP contribution in [0.25, 0.3) is 0 Å². The number of anilines is 2. The first-order valence-electron chi connectivity index (χ1n) is 6.68. The van der Waals surface area contributed by atoms with Crippen LogP contribution in [0.4, 0.5) is 11.9 Å². The zero-order valence-electron chi connectivity index (χ0n) is 11.8. The molecule has 1 aromatic heterocycles. The second-order valence-electron chi connectivity index (χ2n) is 4.10. The van der Waals surface area contributed by atoms with E-state index in [-0.39, 0.29) is 24.6 Å². The summed E-state index contributed by atoms with van der Waals surface area (Å²) in [6.07, 6.45) is 1.87. The molecule has 1 heterocycles. The fraction of sp³-hybridized carbons (Fsp3) is 0.750. The van der Waals surface area contributed by atoms with Crippen molar-refractivity contribution >= 4 is 11.9 Å². The molecule has 0 aliphatic carbocycles. The zero-order valence-corrected chi connectivity index (χ0v) is 11.8. The van der Waals surface area contributed by atoms with E-state index in [0.717, 1.165) is 12.8 Å². The molecule has 3 N–H and O–H groups in total. The molecular weight excluding hydrogens is 246 g/mol. The molecular formula is C12H23N5O2. The van der Waals surface area contributed by atoms with Crippen molar-refractivity contribution in [3.63, 3.8) is 0 Å². The molecule has 0 saturated carbocycles. The highest BCUT2D eigenvalue weighted by Gasteiger charge is 2.19. The molecule has 19 heavy (non-hydrogen) atoms. The van der Waals surface area contributed by atoms with Gasteiger partial charge < -0.3 is 20.5 Å². The number of aromatic nitrogens is 3.